The molecule has 1 N–H and O–H groups in total. The van der Waals surface area contributed by atoms with Crippen LogP contribution < -0.4 is 10.2 Å². The van der Waals surface area contributed by atoms with E-state index in [0.29, 0.717) is 36.6 Å². The van der Waals surface area contributed by atoms with Crippen LogP contribution in [0.1, 0.15) is 24.0 Å². The molecule has 2 aromatic rings. The van der Waals surface area contributed by atoms with E-state index in [-0.39, 0.29) is 25.1 Å². The van der Waals surface area contributed by atoms with Crippen molar-refractivity contribution >= 4 is 35.0 Å². The van der Waals surface area contributed by atoms with Crippen LogP contribution in [0, 0.1) is 0 Å². The van der Waals surface area contributed by atoms with Gasteiger partial charge in [-0.15, -0.1) is 0 Å². The molecule has 1 saturated heterocycles. The van der Waals surface area contributed by atoms with Crippen molar-refractivity contribution in [1.82, 2.24) is 4.90 Å². The summed E-state index contributed by atoms with van der Waals surface area (Å²) in [4.78, 5) is 28.3. The predicted octanol–water partition coefficient (Wildman–Crippen LogP) is 4.92. The van der Waals surface area contributed by atoms with Crippen LogP contribution in [0.25, 0.3) is 0 Å². The number of hydrogen-bond donors (Lipinski definition) is 1. The molecule has 2 aromatic carbocycles. The molecule has 32 heavy (non-hydrogen) atoms. The van der Waals surface area contributed by atoms with Crippen molar-refractivity contribution in [2.75, 3.05) is 29.9 Å². The van der Waals surface area contributed by atoms with Crippen LogP contribution >= 0.6 is 11.6 Å². The molecule has 170 valence electrons. The number of likely N-dealkylation sites (tertiary alicyclic amines) is 1. The lowest BCUT2D eigenvalue weighted by Gasteiger charge is -2.40. The van der Waals surface area contributed by atoms with Crippen LogP contribution in [0.3, 0.4) is 0 Å². The first kappa shape index (κ1) is 22.4. The van der Waals surface area contributed by atoms with Crippen molar-refractivity contribution in [3.63, 3.8) is 0 Å². The summed E-state index contributed by atoms with van der Waals surface area (Å²) < 4.78 is 43.2. The van der Waals surface area contributed by atoms with Crippen LogP contribution in [0.5, 0.6) is 0 Å². The number of cyclic esters (lactones) is 1. The summed E-state index contributed by atoms with van der Waals surface area (Å²) >= 11 is 6.05. The second-order valence-electron chi connectivity index (χ2n) is 7.83. The fraction of sp³-hybridized carbons (Fsp3) is 0.364. The van der Waals surface area contributed by atoms with Gasteiger partial charge in [0.25, 0.3) is 0 Å². The number of halogens is 4. The van der Waals surface area contributed by atoms with Gasteiger partial charge in [-0.25, -0.2) is 4.79 Å². The summed E-state index contributed by atoms with van der Waals surface area (Å²) in [6, 6.07) is 9.63. The molecule has 0 unspecified atom stereocenters. The zero-order valence-corrected chi connectivity index (χ0v) is 17.7. The highest BCUT2D eigenvalue weighted by molar-refractivity contribution is 6.30. The van der Waals surface area contributed by atoms with Gasteiger partial charge in [-0.1, -0.05) is 11.6 Å². The first-order valence-electron chi connectivity index (χ1n) is 10.1. The van der Waals surface area contributed by atoms with E-state index in [0.717, 1.165) is 23.4 Å². The second-order valence-corrected chi connectivity index (χ2v) is 8.26. The standard InChI is InChI=1S/C22H21ClF3N3O3/c23-16-3-6-19-14(11-16)13-32-21(31)29(19)18-7-9-28(10-8-18)12-20(30)27-17-4-1-15(2-5-17)22(24,25)26/h1-6,11,18H,7-10,12-13H2,(H,27,30). The Kier molecular flexibility index (Phi) is 6.30. The summed E-state index contributed by atoms with van der Waals surface area (Å²) in [7, 11) is 0. The van der Waals surface area contributed by atoms with E-state index in [1.807, 2.05) is 11.0 Å². The van der Waals surface area contributed by atoms with Crippen LogP contribution in [0.15, 0.2) is 42.5 Å². The quantitative estimate of drug-likeness (QED) is 0.693. The van der Waals surface area contributed by atoms with Crippen LogP contribution in [-0.4, -0.2) is 42.6 Å². The van der Waals surface area contributed by atoms with Crippen molar-refractivity contribution in [2.24, 2.45) is 0 Å². The van der Waals surface area contributed by atoms with Gasteiger partial charge >= 0.3 is 12.3 Å². The van der Waals surface area contributed by atoms with E-state index in [1.54, 1.807) is 17.0 Å². The fourth-order valence-corrected chi connectivity index (χ4v) is 4.23. The molecular formula is C22H21ClF3N3O3. The Morgan fingerprint density at radius 2 is 1.81 bits per heavy atom. The number of hydrogen-bond acceptors (Lipinski definition) is 4. The van der Waals surface area contributed by atoms with Gasteiger partial charge in [0.15, 0.2) is 0 Å². The molecule has 2 amide bonds. The molecule has 0 saturated carbocycles. The molecule has 1 fully saturated rings. The van der Waals surface area contributed by atoms with Crippen molar-refractivity contribution in [3.8, 4) is 0 Å². The van der Waals surface area contributed by atoms with Gasteiger partial charge in [0.05, 0.1) is 17.8 Å². The average Bonchev–Trinajstić information content (AvgIpc) is 2.74. The number of carbonyl (C=O) groups excluding carboxylic acids is 2. The maximum absolute atomic E-state index is 12.6. The van der Waals surface area contributed by atoms with Crippen LogP contribution in [0.2, 0.25) is 5.02 Å². The Morgan fingerprint density at radius 3 is 2.47 bits per heavy atom. The number of ether oxygens (including phenoxy) is 1. The van der Waals surface area contributed by atoms with E-state index in [2.05, 4.69) is 5.32 Å². The molecule has 10 heteroatoms. The van der Waals surface area contributed by atoms with Gasteiger partial charge < -0.3 is 10.1 Å². The van der Waals surface area contributed by atoms with Crippen LogP contribution in [0.4, 0.5) is 29.3 Å². The molecule has 2 heterocycles. The smallest absolute Gasteiger partial charge is 0.416 e. The van der Waals surface area contributed by atoms with E-state index in [1.165, 1.54) is 12.1 Å². The highest BCUT2D eigenvalue weighted by Gasteiger charge is 2.34. The number of fused-ring (bicyclic) bond motifs is 1. The lowest BCUT2D eigenvalue weighted by Crippen LogP contribution is -2.50. The Balaban J connectivity index is 1.31. The number of carbonyl (C=O) groups is 2. The van der Waals surface area contributed by atoms with E-state index in [9.17, 15) is 22.8 Å². The number of nitrogens with zero attached hydrogens (tertiary/aromatic N) is 2. The molecule has 2 aliphatic rings. The molecule has 0 radical (unpaired) electrons. The first-order valence-corrected chi connectivity index (χ1v) is 10.5. The summed E-state index contributed by atoms with van der Waals surface area (Å²) in [6.45, 7) is 1.49. The van der Waals surface area contributed by atoms with Crippen molar-refractivity contribution in [2.45, 2.75) is 31.7 Å². The lowest BCUT2D eigenvalue weighted by molar-refractivity contribution is -0.137. The molecule has 4 rings (SSSR count). The van der Waals surface area contributed by atoms with Gasteiger partial charge in [0.1, 0.15) is 6.61 Å². The maximum atomic E-state index is 12.6. The lowest BCUT2D eigenvalue weighted by atomic mass is 10.0. The third-order valence-corrected chi connectivity index (χ3v) is 5.87. The number of rotatable bonds is 4. The SMILES string of the molecule is O=C(CN1CCC(N2C(=O)OCc3cc(Cl)ccc32)CC1)Nc1ccc(C(F)(F)F)cc1. The number of anilines is 2. The molecule has 6 nitrogen and oxygen atoms in total. The largest absolute Gasteiger partial charge is 0.444 e. The zero-order chi connectivity index (χ0) is 22.9. The summed E-state index contributed by atoms with van der Waals surface area (Å²) in [5, 5.41) is 3.20. The number of piperidine rings is 1. The van der Waals surface area contributed by atoms with Crippen molar-refractivity contribution in [1.29, 1.82) is 0 Å². The predicted molar refractivity (Wildman–Crippen MR) is 114 cm³/mol. The average molecular weight is 468 g/mol. The van der Waals surface area contributed by atoms with E-state index < -0.39 is 17.8 Å². The highest BCUT2D eigenvalue weighted by atomic mass is 35.5. The van der Waals surface area contributed by atoms with Gasteiger partial charge in [0, 0.05) is 35.4 Å². The number of alkyl halides is 3. The molecule has 0 aromatic heterocycles. The van der Waals surface area contributed by atoms with Crippen LogP contribution in [-0.2, 0) is 22.3 Å². The maximum Gasteiger partial charge on any atom is 0.416 e. The Bertz CT molecular complexity index is 1010. The molecule has 0 bridgehead atoms. The third-order valence-electron chi connectivity index (χ3n) is 5.63. The first-order chi connectivity index (χ1) is 15.2. The van der Waals surface area contributed by atoms with Crippen molar-refractivity contribution in [3.05, 3.63) is 58.6 Å². The number of benzene rings is 2. The molecule has 0 aliphatic carbocycles. The minimum Gasteiger partial charge on any atom is -0.444 e. The fourth-order valence-electron chi connectivity index (χ4n) is 4.04. The molecule has 0 spiro atoms. The molecule has 0 atom stereocenters. The van der Waals surface area contributed by atoms with Gasteiger partial charge in [0.2, 0.25) is 5.91 Å². The highest BCUT2D eigenvalue weighted by Crippen LogP contribution is 2.34. The topological polar surface area (TPSA) is 61.9 Å². The summed E-state index contributed by atoms with van der Waals surface area (Å²) in [5.41, 5.74) is 1.20. The Morgan fingerprint density at radius 1 is 1.12 bits per heavy atom. The minimum atomic E-state index is -4.42. The van der Waals surface area contributed by atoms with Gasteiger partial charge in [-0.2, -0.15) is 13.2 Å². The number of amides is 2. The molecular weight excluding hydrogens is 447 g/mol. The normalized spacial score (nSPS) is 17.6. The number of nitrogens with one attached hydrogen (secondary N) is 1. The summed E-state index contributed by atoms with van der Waals surface area (Å²) in [5.74, 6) is -0.305. The minimum absolute atomic E-state index is 0.0584. The molecule has 2 aliphatic heterocycles. The van der Waals surface area contributed by atoms with Gasteiger partial charge in [-0.3, -0.25) is 14.6 Å². The monoisotopic (exact) mass is 467 g/mol. The van der Waals surface area contributed by atoms with E-state index >= 15 is 0 Å². The third kappa shape index (κ3) is 4.99. The Hall–Kier alpha value is -2.78. The second kappa shape index (κ2) is 8.99. The summed E-state index contributed by atoms with van der Waals surface area (Å²) in [6.07, 6.45) is -3.49. The van der Waals surface area contributed by atoms with Crippen molar-refractivity contribution < 1.29 is 27.5 Å². The Labute approximate surface area is 187 Å². The van der Waals surface area contributed by atoms with E-state index in [4.69, 9.17) is 16.3 Å². The van der Waals surface area contributed by atoms with Gasteiger partial charge in [-0.05, 0) is 55.3 Å². The zero-order valence-electron chi connectivity index (χ0n) is 17.0.